The van der Waals surface area contributed by atoms with Gasteiger partial charge in [0, 0.05) is 6.04 Å². The van der Waals surface area contributed by atoms with Crippen molar-refractivity contribution in [1.82, 2.24) is 14.9 Å². The monoisotopic (exact) mass is 289 g/mol. The zero-order valence-electron chi connectivity index (χ0n) is 12.3. The average molecular weight is 289 g/mol. The van der Waals surface area contributed by atoms with E-state index in [-0.39, 0.29) is 0 Å². The quantitative estimate of drug-likeness (QED) is 0.800. The molecule has 20 heavy (non-hydrogen) atoms. The van der Waals surface area contributed by atoms with Crippen LogP contribution in [-0.4, -0.2) is 16.1 Å². The Bertz CT molecular complexity index is 495. The number of benzene rings is 1. The molecule has 1 heterocycles. The Morgan fingerprint density at radius 3 is 2.70 bits per heavy atom. The van der Waals surface area contributed by atoms with Gasteiger partial charge < -0.3 is 5.32 Å². The molecule has 1 atom stereocenters. The summed E-state index contributed by atoms with van der Waals surface area (Å²) < 4.78 is 4.07. The molecule has 4 heteroatoms. The van der Waals surface area contributed by atoms with Crippen LogP contribution in [0.5, 0.6) is 0 Å². The van der Waals surface area contributed by atoms with Crippen molar-refractivity contribution in [3.8, 4) is 0 Å². The van der Waals surface area contributed by atoms with Gasteiger partial charge in [0.2, 0.25) is 0 Å². The van der Waals surface area contributed by atoms with Crippen LogP contribution in [0.1, 0.15) is 48.4 Å². The topological polar surface area (TPSA) is 37.8 Å². The first-order valence-electron chi connectivity index (χ1n) is 7.37. The molecule has 2 rings (SSSR count). The van der Waals surface area contributed by atoms with Crippen LogP contribution in [-0.2, 0) is 6.42 Å². The van der Waals surface area contributed by atoms with E-state index in [1.165, 1.54) is 28.4 Å². The molecule has 0 bridgehead atoms. The molecule has 1 N–H and O–H groups in total. The minimum atomic E-state index is 0.402. The third-order valence-electron chi connectivity index (χ3n) is 3.44. The van der Waals surface area contributed by atoms with E-state index >= 15 is 0 Å². The molecule has 0 spiro atoms. The first kappa shape index (κ1) is 15.1. The second-order valence-corrected chi connectivity index (χ2v) is 5.89. The lowest BCUT2D eigenvalue weighted by Crippen LogP contribution is -2.22. The highest BCUT2D eigenvalue weighted by atomic mass is 32.1. The van der Waals surface area contributed by atoms with Gasteiger partial charge in [-0.15, -0.1) is 5.10 Å². The van der Waals surface area contributed by atoms with Gasteiger partial charge in [0.25, 0.3) is 0 Å². The van der Waals surface area contributed by atoms with Crippen molar-refractivity contribution < 1.29 is 0 Å². The van der Waals surface area contributed by atoms with Crippen molar-refractivity contribution in [2.75, 3.05) is 6.54 Å². The maximum absolute atomic E-state index is 4.14. The van der Waals surface area contributed by atoms with Crippen molar-refractivity contribution in [2.24, 2.45) is 0 Å². The largest absolute Gasteiger partial charge is 0.309 e. The van der Waals surface area contributed by atoms with Crippen molar-refractivity contribution in [1.29, 1.82) is 0 Å². The van der Waals surface area contributed by atoms with Gasteiger partial charge in [0.05, 0.1) is 10.6 Å². The van der Waals surface area contributed by atoms with Crippen LogP contribution in [0.15, 0.2) is 30.3 Å². The molecule has 0 amide bonds. The Labute approximate surface area is 125 Å². The highest BCUT2D eigenvalue weighted by molar-refractivity contribution is 7.05. The summed E-state index contributed by atoms with van der Waals surface area (Å²) in [4.78, 5) is 1.30. The lowest BCUT2D eigenvalue weighted by atomic mass is 10.0. The summed E-state index contributed by atoms with van der Waals surface area (Å²) in [6, 6.07) is 11.1. The van der Waals surface area contributed by atoms with Crippen LogP contribution in [0, 0.1) is 6.92 Å². The lowest BCUT2D eigenvalue weighted by Gasteiger charge is -2.17. The molecule has 1 unspecified atom stereocenters. The number of nitrogens with one attached hydrogen (secondary N) is 1. The van der Waals surface area contributed by atoms with Crippen molar-refractivity contribution in [3.63, 3.8) is 0 Å². The van der Waals surface area contributed by atoms with Crippen LogP contribution in [0.25, 0.3) is 0 Å². The predicted octanol–water partition coefficient (Wildman–Crippen LogP) is 3.91. The molecule has 1 aromatic heterocycles. The van der Waals surface area contributed by atoms with Crippen LogP contribution in [0.4, 0.5) is 0 Å². The first-order valence-corrected chi connectivity index (χ1v) is 8.14. The van der Waals surface area contributed by atoms with Gasteiger partial charge in [-0.25, -0.2) is 0 Å². The number of hydrogen-bond donors (Lipinski definition) is 1. The maximum atomic E-state index is 4.14. The fourth-order valence-corrected chi connectivity index (χ4v) is 3.11. The van der Waals surface area contributed by atoms with E-state index in [2.05, 4.69) is 59.1 Å². The lowest BCUT2D eigenvalue weighted by molar-refractivity contribution is 0.488. The summed E-state index contributed by atoms with van der Waals surface area (Å²) in [6.45, 7) is 5.30. The summed E-state index contributed by atoms with van der Waals surface area (Å²) in [5.74, 6) is 0. The number of rotatable bonds is 8. The Hall–Kier alpha value is -1.26. The molecule has 108 valence electrons. The summed E-state index contributed by atoms with van der Waals surface area (Å²) in [7, 11) is 0. The minimum absolute atomic E-state index is 0.402. The second kappa shape index (κ2) is 8.12. The third kappa shape index (κ3) is 4.39. The molecule has 0 radical (unpaired) electrons. The molecule has 0 aliphatic carbocycles. The number of aromatic nitrogens is 2. The average Bonchev–Trinajstić information content (AvgIpc) is 2.90. The number of nitrogens with zero attached hydrogens (tertiary/aromatic N) is 2. The first-order chi connectivity index (χ1) is 9.81. The molecule has 3 nitrogen and oxygen atoms in total. The van der Waals surface area contributed by atoms with Gasteiger partial charge in [0.15, 0.2) is 0 Å². The molecule has 0 aliphatic rings. The maximum Gasteiger partial charge on any atom is 0.0772 e. The van der Waals surface area contributed by atoms with Crippen LogP contribution in [0.3, 0.4) is 0 Å². The van der Waals surface area contributed by atoms with Crippen LogP contribution in [0.2, 0.25) is 0 Å². The molecular formula is C16H23N3S. The SMILES string of the molecule is CCCNC(CCCc1ccccc1)c1snnc1C. The Balaban J connectivity index is 1.89. The summed E-state index contributed by atoms with van der Waals surface area (Å²) >= 11 is 1.53. The van der Waals surface area contributed by atoms with Crippen molar-refractivity contribution in [3.05, 3.63) is 46.5 Å². The van der Waals surface area contributed by atoms with Gasteiger partial charge >= 0.3 is 0 Å². The Morgan fingerprint density at radius 2 is 2.05 bits per heavy atom. The molecule has 0 saturated heterocycles. The predicted molar refractivity (Wildman–Crippen MR) is 85.1 cm³/mol. The van der Waals surface area contributed by atoms with Gasteiger partial charge in [-0.2, -0.15) is 0 Å². The van der Waals surface area contributed by atoms with E-state index in [0.29, 0.717) is 6.04 Å². The molecule has 0 aliphatic heterocycles. The van der Waals surface area contributed by atoms with Crippen LogP contribution < -0.4 is 5.32 Å². The van der Waals surface area contributed by atoms with E-state index in [4.69, 9.17) is 0 Å². The summed E-state index contributed by atoms with van der Waals surface area (Å²) in [5, 5.41) is 7.77. The molecule has 0 fully saturated rings. The highest BCUT2D eigenvalue weighted by Crippen LogP contribution is 2.24. The number of hydrogen-bond acceptors (Lipinski definition) is 4. The normalized spacial score (nSPS) is 12.5. The zero-order chi connectivity index (χ0) is 14.2. The van der Waals surface area contributed by atoms with Gasteiger partial charge in [-0.1, -0.05) is 41.7 Å². The standard InChI is InChI=1S/C16H23N3S/c1-3-12-17-15(16-13(2)18-19-20-16)11-7-10-14-8-5-4-6-9-14/h4-6,8-9,15,17H,3,7,10-12H2,1-2H3. The van der Waals surface area contributed by atoms with E-state index in [1.54, 1.807) is 0 Å². The highest BCUT2D eigenvalue weighted by Gasteiger charge is 2.16. The molecule has 2 aromatic rings. The van der Waals surface area contributed by atoms with Gasteiger partial charge in [-0.05, 0) is 56.2 Å². The van der Waals surface area contributed by atoms with E-state index in [0.717, 1.165) is 31.5 Å². The second-order valence-electron chi connectivity index (χ2n) is 5.11. The van der Waals surface area contributed by atoms with Gasteiger partial charge in [-0.3, -0.25) is 0 Å². The van der Waals surface area contributed by atoms with E-state index in [1.807, 2.05) is 0 Å². The Morgan fingerprint density at radius 1 is 1.25 bits per heavy atom. The summed E-state index contributed by atoms with van der Waals surface area (Å²) in [5.41, 5.74) is 2.49. The summed E-state index contributed by atoms with van der Waals surface area (Å²) in [6.07, 6.45) is 4.61. The number of aryl methyl sites for hydroxylation is 2. The van der Waals surface area contributed by atoms with Crippen LogP contribution >= 0.6 is 11.5 Å². The molecular weight excluding hydrogens is 266 g/mol. The fraction of sp³-hybridized carbons (Fsp3) is 0.500. The fourth-order valence-electron chi connectivity index (χ4n) is 2.36. The van der Waals surface area contributed by atoms with E-state index < -0.39 is 0 Å². The van der Waals surface area contributed by atoms with Gasteiger partial charge in [0.1, 0.15) is 0 Å². The zero-order valence-corrected chi connectivity index (χ0v) is 13.1. The van der Waals surface area contributed by atoms with Crippen molar-refractivity contribution in [2.45, 2.75) is 45.6 Å². The minimum Gasteiger partial charge on any atom is -0.309 e. The smallest absolute Gasteiger partial charge is 0.0772 e. The molecule has 0 saturated carbocycles. The Kier molecular flexibility index (Phi) is 6.15. The van der Waals surface area contributed by atoms with Crippen molar-refractivity contribution >= 4 is 11.5 Å². The van der Waals surface area contributed by atoms with E-state index in [9.17, 15) is 0 Å². The third-order valence-corrected chi connectivity index (χ3v) is 4.38. The molecule has 1 aromatic carbocycles.